The van der Waals surface area contributed by atoms with Crippen molar-refractivity contribution in [3.8, 4) is 0 Å². The van der Waals surface area contributed by atoms with Crippen LogP contribution in [0.5, 0.6) is 0 Å². The lowest BCUT2D eigenvalue weighted by Crippen LogP contribution is -2.41. The largest absolute Gasteiger partial charge is 0.465 e. The zero-order chi connectivity index (χ0) is 10.4. The van der Waals surface area contributed by atoms with Crippen molar-refractivity contribution in [3.63, 3.8) is 0 Å². The van der Waals surface area contributed by atoms with Crippen LogP contribution < -0.4 is 0 Å². The molecule has 78 valence electrons. The number of likely N-dealkylation sites (N-methyl/N-ethyl adjacent to an activating group) is 1. The Hall–Kier alpha value is -0.570. The highest BCUT2D eigenvalue weighted by Crippen LogP contribution is 2.03. The zero-order valence-electron chi connectivity index (χ0n) is 9.33. The molecule has 1 unspecified atom stereocenters. The minimum atomic E-state index is -0.147. The van der Waals surface area contributed by atoms with Crippen LogP contribution >= 0.6 is 0 Å². The third-order valence-corrected chi connectivity index (χ3v) is 2.22. The van der Waals surface area contributed by atoms with E-state index in [2.05, 4.69) is 13.8 Å². The molecule has 1 atom stereocenters. The van der Waals surface area contributed by atoms with Gasteiger partial charge in [0.15, 0.2) is 0 Å². The molecule has 0 spiro atoms. The second-order valence-electron chi connectivity index (χ2n) is 3.60. The topological polar surface area (TPSA) is 29.5 Å². The van der Waals surface area contributed by atoms with E-state index in [0.29, 0.717) is 12.6 Å². The second-order valence-corrected chi connectivity index (χ2v) is 3.60. The van der Waals surface area contributed by atoms with Gasteiger partial charge < -0.3 is 4.74 Å². The van der Waals surface area contributed by atoms with E-state index in [1.165, 1.54) is 0 Å². The molecular formula is C10H21NO2. The smallest absolute Gasteiger partial charge is 0.323 e. The van der Waals surface area contributed by atoms with Gasteiger partial charge in [0.05, 0.1) is 6.61 Å². The Labute approximate surface area is 81.1 Å². The summed E-state index contributed by atoms with van der Waals surface area (Å²) in [5.41, 5.74) is 0. The second kappa shape index (κ2) is 5.97. The number of esters is 1. The highest BCUT2D eigenvalue weighted by atomic mass is 16.5. The monoisotopic (exact) mass is 187 g/mol. The van der Waals surface area contributed by atoms with Crippen LogP contribution in [0.2, 0.25) is 0 Å². The van der Waals surface area contributed by atoms with Crippen molar-refractivity contribution in [1.29, 1.82) is 0 Å². The predicted molar refractivity (Wildman–Crippen MR) is 53.6 cm³/mol. The summed E-state index contributed by atoms with van der Waals surface area (Å²) in [6.45, 7) is 8.50. The van der Waals surface area contributed by atoms with E-state index in [1.54, 1.807) is 0 Å². The van der Waals surface area contributed by atoms with Gasteiger partial charge >= 0.3 is 5.97 Å². The highest BCUT2D eigenvalue weighted by Gasteiger charge is 2.20. The summed E-state index contributed by atoms with van der Waals surface area (Å²) in [4.78, 5) is 13.4. The number of hydrogen-bond donors (Lipinski definition) is 0. The van der Waals surface area contributed by atoms with Crippen LogP contribution in [-0.2, 0) is 9.53 Å². The van der Waals surface area contributed by atoms with Gasteiger partial charge in [0.1, 0.15) is 6.04 Å². The normalized spacial score (nSPS) is 13.5. The lowest BCUT2D eigenvalue weighted by molar-refractivity contribution is -0.149. The van der Waals surface area contributed by atoms with Gasteiger partial charge in [-0.25, -0.2) is 0 Å². The Kier molecular flexibility index (Phi) is 5.71. The van der Waals surface area contributed by atoms with Crippen LogP contribution in [-0.4, -0.2) is 36.6 Å². The molecule has 0 bridgehead atoms. The fourth-order valence-electron chi connectivity index (χ4n) is 0.937. The summed E-state index contributed by atoms with van der Waals surface area (Å²) in [6.07, 6.45) is 0.879. The van der Waals surface area contributed by atoms with Gasteiger partial charge in [0, 0.05) is 6.04 Å². The number of rotatable bonds is 5. The van der Waals surface area contributed by atoms with Crippen molar-refractivity contribution >= 4 is 5.97 Å². The average molecular weight is 187 g/mol. The van der Waals surface area contributed by atoms with E-state index >= 15 is 0 Å². The molecule has 0 N–H and O–H groups in total. The van der Waals surface area contributed by atoms with Crippen molar-refractivity contribution in [2.45, 2.75) is 46.2 Å². The van der Waals surface area contributed by atoms with E-state index in [0.717, 1.165) is 6.42 Å². The molecular weight excluding hydrogens is 166 g/mol. The highest BCUT2D eigenvalue weighted by molar-refractivity contribution is 5.75. The van der Waals surface area contributed by atoms with Gasteiger partial charge in [-0.15, -0.1) is 0 Å². The Morgan fingerprint density at radius 1 is 1.38 bits per heavy atom. The third kappa shape index (κ3) is 4.27. The van der Waals surface area contributed by atoms with Gasteiger partial charge in [-0.3, -0.25) is 9.69 Å². The van der Waals surface area contributed by atoms with Gasteiger partial charge in [0.25, 0.3) is 0 Å². The van der Waals surface area contributed by atoms with E-state index in [1.807, 2.05) is 25.8 Å². The van der Waals surface area contributed by atoms with Crippen LogP contribution in [0.25, 0.3) is 0 Å². The molecule has 0 aromatic rings. The first-order valence-electron chi connectivity index (χ1n) is 4.89. The first kappa shape index (κ1) is 12.4. The minimum Gasteiger partial charge on any atom is -0.465 e. The molecule has 0 heterocycles. The molecule has 0 rings (SSSR count). The summed E-state index contributed by atoms with van der Waals surface area (Å²) in [5, 5.41) is 0. The maximum atomic E-state index is 11.4. The van der Waals surface area contributed by atoms with Gasteiger partial charge in [-0.2, -0.15) is 0 Å². The molecule has 0 aromatic carbocycles. The summed E-state index contributed by atoms with van der Waals surface area (Å²) >= 11 is 0. The molecule has 0 saturated carbocycles. The summed E-state index contributed by atoms with van der Waals surface area (Å²) in [5.74, 6) is -0.127. The molecule has 3 nitrogen and oxygen atoms in total. The average Bonchev–Trinajstić information content (AvgIpc) is 2.11. The van der Waals surface area contributed by atoms with Crippen molar-refractivity contribution in [1.82, 2.24) is 4.90 Å². The van der Waals surface area contributed by atoms with E-state index in [9.17, 15) is 4.79 Å². The van der Waals surface area contributed by atoms with Gasteiger partial charge in [-0.05, 0) is 34.2 Å². The lowest BCUT2D eigenvalue weighted by Gasteiger charge is -2.26. The Morgan fingerprint density at radius 3 is 2.31 bits per heavy atom. The van der Waals surface area contributed by atoms with Crippen molar-refractivity contribution < 1.29 is 9.53 Å². The Bertz CT molecular complexity index is 157. The summed E-state index contributed by atoms with van der Waals surface area (Å²) < 4.78 is 5.04. The SMILES string of the molecule is CCCOC(=O)C(C)N(C)C(C)C. The molecule has 0 aliphatic rings. The molecule has 0 saturated heterocycles. The van der Waals surface area contributed by atoms with Crippen molar-refractivity contribution in [2.24, 2.45) is 0 Å². The number of ether oxygens (including phenoxy) is 1. The van der Waals surface area contributed by atoms with Crippen LogP contribution in [0.4, 0.5) is 0 Å². The number of carbonyl (C=O) groups is 1. The van der Waals surface area contributed by atoms with Crippen LogP contribution in [0, 0.1) is 0 Å². The van der Waals surface area contributed by atoms with E-state index in [4.69, 9.17) is 4.74 Å². The van der Waals surface area contributed by atoms with E-state index in [-0.39, 0.29) is 12.0 Å². The van der Waals surface area contributed by atoms with Crippen molar-refractivity contribution in [2.75, 3.05) is 13.7 Å². The molecule has 0 fully saturated rings. The molecule has 13 heavy (non-hydrogen) atoms. The first-order chi connectivity index (χ1) is 6.00. The molecule has 0 aromatic heterocycles. The van der Waals surface area contributed by atoms with Gasteiger partial charge in [-0.1, -0.05) is 6.92 Å². The number of nitrogens with zero attached hydrogens (tertiary/aromatic N) is 1. The standard InChI is InChI=1S/C10H21NO2/c1-6-7-13-10(12)9(4)11(5)8(2)3/h8-9H,6-7H2,1-5H3. The summed E-state index contributed by atoms with van der Waals surface area (Å²) in [6, 6.07) is 0.218. The number of hydrogen-bond acceptors (Lipinski definition) is 3. The van der Waals surface area contributed by atoms with Crippen LogP contribution in [0.3, 0.4) is 0 Å². The lowest BCUT2D eigenvalue weighted by atomic mass is 10.2. The first-order valence-corrected chi connectivity index (χ1v) is 4.89. The Balaban J connectivity index is 3.94. The third-order valence-electron chi connectivity index (χ3n) is 2.22. The maximum Gasteiger partial charge on any atom is 0.323 e. The molecule has 0 aliphatic heterocycles. The van der Waals surface area contributed by atoms with E-state index < -0.39 is 0 Å². The predicted octanol–water partition coefficient (Wildman–Crippen LogP) is 1.67. The summed E-state index contributed by atoms with van der Waals surface area (Å²) in [7, 11) is 1.93. The van der Waals surface area contributed by atoms with Crippen molar-refractivity contribution in [3.05, 3.63) is 0 Å². The molecule has 0 amide bonds. The maximum absolute atomic E-state index is 11.4. The Morgan fingerprint density at radius 2 is 1.92 bits per heavy atom. The quantitative estimate of drug-likeness (QED) is 0.613. The molecule has 3 heteroatoms. The fraction of sp³-hybridized carbons (Fsp3) is 0.900. The van der Waals surface area contributed by atoms with Gasteiger partial charge in [0.2, 0.25) is 0 Å². The molecule has 0 radical (unpaired) electrons. The minimum absolute atomic E-state index is 0.127. The molecule has 0 aliphatic carbocycles. The zero-order valence-corrected chi connectivity index (χ0v) is 9.33. The number of carbonyl (C=O) groups excluding carboxylic acids is 1. The van der Waals surface area contributed by atoms with Crippen LogP contribution in [0.15, 0.2) is 0 Å². The fourth-order valence-corrected chi connectivity index (χ4v) is 0.937. The van der Waals surface area contributed by atoms with Crippen LogP contribution in [0.1, 0.15) is 34.1 Å².